The van der Waals surface area contributed by atoms with Crippen LogP contribution in [0.1, 0.15) is 52.4 Å². The van der Waals surface area contributed by atoms with E-state index in [1.807, 2.05) is 0 Å². The van der Waals surface area contributed by atoms with E-state index in [4.69, 9.17) is 4.74 Å². The van der Waals surface area contributed by atoms with Crippen molar-refractivity contribution in [3.8, 4) is 0 Å². The molecule has 0 spiro atoms. The largest absolute Gasteiger partial charge is 0.379 e. The predicted octanol–water partition coefficient (Wildman–Crippen LogP) is 3.60. The molecule has 3 heteroatoms. The molecule has 0 aromatic carbocycles. The summed E-state index contributed by atoms with van der Waals surface area (Å²) in [6, 6.07) is 0. The lowest BCUT2D eigenvalue weighted by atomic mass is 9.92. The fraction of sp³-hybridized carbons (Fsp3) is 0.778. The molecule has 0 aromatic rings. The topological polar surface area (TPSA) is 12.5 Å². The van der Waals surface area contributed by atoms with Gasteiger partial charge < -0.3 is 4.74 Å². The molecule has 0 amide bonds. The Kier molecular flexibility index (Phi) is 10.6. The zero-order valence-corrected chi connectivity index (χ0v) is 14.5. The highest BCUT2D eigenvalue weighted by atomic mass is 16.5. The van der Waals surface area contributed by atoms with Crippen molar-refractivity contribution in [1.29, 1.82) is 0 Å². The minimum Gasteiger partial charge on any atom is -0.379 e. The molecule has 0 unspecified atom stereocenters. The van der Waals surface area contributed by atoms with Crippen LogP contribution in [0.3, 0.4) is 0 Å². The van der Waals surface area contributed by atoms with Gasteiger partial charge in [0.15, 0.2) is 0 Å². The lowest BCUT2D eigenvalue weighted by Crippen LogP contribution is -2.37. The molecule has 0 saturated carbocycles. The normalized spacial score (nSPS) is 18.2. The number of rotatable bonds is 10. The van der Waals surface area contributed by atoms with Crippen LogP contribution in [0.2, 0.25) is 6.32 Å². The summed E-state index contributed by atoms with van der Waals surface area (Å²) in [6.07, 6.45) is 13.9. The Morgan fingerprint density at radius 1 is 1.14 bits per heavy atom. The number of allylic oxidation sites excluding steroid dienone is 3. The number of morpholine rings is 1. The Bertz CT molecular complexity index is 319. The fourth-order valence-corrected chi connectivity index (χ4v) is 2.80. The van der Waals surface area contributed by atoms with Crippen molar-refractivity contribution in [3.05, 3.63) is 23.3 Å². The predicted molar refractivity (Wildman–Crippen MR) is 95.8 cm³/mol. The molecular formula is C18H34BNO. The van der Waals surface area contributed by atoms with Crippen molar-refractivity contribution < 1.29 is 4.74 Å². The highest BCUT2D eigenvalue weighted by Crippen LogP contribution is 2.14. The smallest absolute Gasteiger partial charge is 0.106 e. The number of nitrogens with zero attached hydrogens (tertiary/aromatic N) is 1. The Hall–Kier alpha value is -0.535. The van der Waals surface area contributed by atoms with E-state index in [0.29, 0.717) is 0 Å². The van der Waals surface area contributed by atoms with Crippen LogP contribution in [0.15, 0.2) is 23.3 Å². The van der Waals surface area contributed by atoms with Gasteiger partial charge in [-0.2, -0.15) is 0 Å². The number of hydrogen-bond donors (Lipinski definition) is 0. The number of hydrogen-bond acceptors (Lipinski definition) is 2. The second-order valence-corrected chi connectivity index (χ2v) is 6.19. The van der Waals surface area contributed by atoms with Gasteiger partial charge in [0, 0.05) is 19.6 Å². The summed E-state index contributed by atoms with van der Waals surface area (Å²) in [4.78, 5) is 2.50. The Balaban J connectivity index is 2.22. The molecule has 21 heavy (non-hydrogen) atoms. The molecule has 1 saturated heterocycles. The first-order valence-corrected chi connectivity index (χ1v) is 8.89. The van der Waals surface area contributed by atoms with E-state index in [1.165, 1.54) is 50.4 Å². The van der Waals surface area contributed by atoms with Crippen LogP contribution in [-0.4, -0.2) is 45.6 Å². The van der Waals surface area contributed by atoms with E-state index in [-0.39, 0.29) is 0 Å². The average Bonchev–Trinajstić information content (AvgIpc) is 2.50. The quantitative estimate of drug-likeness (QED) is 0.346. The molecule has 0 aliphatic carbocycles. The van der Waals surface area contributed by atoms with E-state index in [2.05, 4.69) is 38.7 Å². The van der Waals surface area contributed by atoms with Crippen molar-refractivity contribution in [2.75, 3.05) is 32.8 Å². The van der Waals surface area contributed by atoms with Crippen molar-refractivity contribution in [2.45, 2.75) is 58.7 Å². The van der Waals surface area contributed by atoms with Crippen LogP contribution in [0.25, 0.3) is 0 Å². The Labute approximate surface area is 133 Å². The maximum atomic E-state index is 5.39. The summed E-state index contributed by atoms with van der Waals surface area (Å²) in [6.45, 7) is 9.62. The van der Waals surface area contributed by atoms with E-state index in [9.17, 15) is 0 Å². The van der Waals surface area contributed by atoms with Crippen LogP contribution in [0, 0.1) is 0 Å². The third kappa shape index (κ3) is 9.16. The van der Waals surface area contributed by atoms with E-state index in [1.54, 1.807) is 5.57 Å². The number of ether oxygens (including phenoxy) is 1. The minimum atomic E-state index is 0.897. The average molecular weight is 291 g/mol. The second-order valence-electron chi connectivity index (χ2n) is 6.19. The van der Waals surface area contributed by atoms with Gasteiger partial charge in [-0.3, -0.25) is 4.90 Å². The summed E-state index contributed by atoms with van der Waals surface area (Å²) >= 11 is 0. The molecule has 0 bridgehead atoms. The van der Waals surface area contributed by atoms with Crippen LogP contribution in [0.5, 0.6) is 0 Å². The van der Waals surface area contributed by atoms with Gasteiger partial charge in [0.05, 0.1) is 13.2 Å². The summed E-state index contributed by atoms with van der Waals surface area (Å²) in [5.41, 5.74) is 3.15. The molecule has 1 aliphatic rings. The molecule has 1 aliphatic heterocycles. The van der Waals surface area contributed by atoms with Gasteiger partial charge in [0.25, 0.3) is 0 Å². The van der Waals surface area contributed by atoms with Crippen molar-refractivity contribution in [2.24, 2.45) is 0 Å². The fourth-order valence-electron chi connectivity index (χ4n) is 2.80. The van der Waals surface area contributed by atoms with Crippen molar-refractivity contribution in [3.63, 3.8) is 0 Å². The van der Waals surface area contributed by atoms with Gasteiger partial charge in [-0.25, -0.2) is 0 Å². The van der Waals surface area contributed by atoms with E-state index >= 15 is 0 Å². The molecule has 0 aromatic heterocycles. The zero-order valence-electron chi connectivity index (χ0n) is 14.5. The second kappa shape index (κ2) is 12.1. The Morgan fingerprint density at radius 2 is 1.90 bits per heavy atom. The molecule has 120 valence electrons. The van der Waals surface area contributed by atoms with Crippen LogP contribution >= 0.6 is 0 Å². The first-order chi connectivity index (χ1) is 10.3. The summed E-state index contributed by atoms with van der Waals surface area (Å²) < 4.78 is 5.39. The first kappa shape index (κ1) is 18.5. The zero-order chi connectivity index (χ0) is 15.3. The maximum absolute atomic E-state index is 5.39. The SMILES string of the molecule is BC/C(=C/CCCCC)CC/C=C(\C)CN1CCOCC1. The van der Waals surface area contributed by atoms with Crippen LogP contribution in [-0.2, 0) is 4.74 Å². The van der Waals surface area contributed by atoms with Gasteiger partial charge in [-0.15, -0.1) is 0 Å². The minimum absolute atomic E-state index is 0.897. The van der Waals surface area contributed by atoms with Gasteiger partial charge >= 0.3 is 0 Å². The third-order valence-corrected chi connectivity index (χ3v) is 4.23. The first-order valence-electron chi connectivity index (χ1n) is 8.89. The Morgan fingerprint density at radius 3 is 2.57 bits per heavy atom. The van der Waals surface area contributed by atoms with Gasteiger partial charge in [-0.05, 0) is 32.6 Å². The highest BCUT2D eigenvalue weighted by molar-refractivity contribution is 6.10. The lowest BCUT2D eigenvalue weighted by molar-refractivity contribution is 0.0422. The molecule has 0 atom stereocenters. The standard InChI is InChI=1S/C18H34BNO/c1-3-4-5-6-9-18(15-19)10-7-8-17(2)16-20-11-13-21-14-12-20/h8-9H,3-7,10-16,19H2,1-2H3/b17-8+,18-9+. The maximum Gasteiger partial charge on any atom is 0.106 e. The van der Waals surface area contributed by atoms with Gasteiger partial charge in [-0.1, -0.05) is 49.4 Å². The third-order valence-electron chi connectivity index (χ3n) is 4.23. The van der Waals surface area contributed by atoms with Crippen molar-refractivity contribution in [1.82, 2.24) is 4.90 Å². The van der Waals surface area contributed by atoms with Crippen LogP contribution in [0.4, 0.5) is 0 Å². The summed E-state index contributed by atoms with van der Waals surface area (Å²) in [7, 11) is 2.29. The highest BCUT2D eigenvalue weighted by Gasteiger charge is 2.09. The molecule has 1 heterocycles. The molecule has 0 N–H and O–H groups in total. The molecule has 1 fully saturated rings. The van der Waals surface area contributed by atoms with E-state index < -0.39 is 0 Å². The summed E-state index contributed by atoms with van der Waals surface area (Å²) in [5, 5.41) is 0. The monoisotopic (exact) mass is 291 g/mol. The molecule has 0 radical (unpaired) electrons. The van der Waals surface area contributed by atoms with Gasteiger partial charge in [0.2, 0.25) is 0 Å². The van der Waals surface area contributed by atoms with Crippen molar-refractivity contribution >= 4 is 7.85 Å². The number of unbranched alkanes of at least 4 members (excludes halogenated alkanes) is 3. The lowest BCUT2D eigenvalue weighted by Gasteiger charge is -2.26. The molecular weight excluding hydrogens is 257 g/mol. The summed E-state index contributed by atoms with van der Waals surface area (Å²) in [5.74, 6) is 0. The molecule has 1 rings (SSSR count). The molecule has 2 nitrogen and oxygen atoms in total. The van der Waals surface area contributed by atoms with E-state index in [0.717, 1.165) is 32.8 Å². The van der Waals surface area contributed by atoms with Gasteiger partial charge in [0.1, 0.15) is 7.85 Å². The van der Waals surface area contributed by atoms with Crippen LogP contribution < -0.4 is 0 Å².